The second-order valence-electron chi connectivity index (χ2n) is 3.87. The molecule has 0 radical (unpaired) electrons. The Morgan fingerprint density at radius 2 is 2.00 bits per heavy atom. The van der Waals surface area contributed by atoms with E-state index in [4.69, 9.17) is 4.74 Å². The summed E-state index contributed by atoms with van der Waals surface area (Å²) in [6.45, 7) is 2.14. The zero-order valence-corrected chi connectivity index (χ0v) is 10.1. The average molecular weight is 242 g/mol. The molecule has 92 valence electrons. The Kier molecular flexibility index (Phi) is 3.91. The Bertz CT molecular complexity index is 509. The van der Waals surface area contributed by atoms with Crippen LogP contribution in [0.3, 0.4) is 0 Å². The van der Waals surface area contributed by atoms with Gasteiger partial charge in [0.1, 0.15) is 6.61 Å². The van der Waals surface area contributed by atoms with Gasteiger partial charge in [0.15, 0.2) is 0 Å². The summed E-state index contributed by atoms with van der Waals surface area (Å²) in [4.78, 5) is 15.6. The number of hydrogen-bond donors (Lipinski definition) is 1. The van der Waals surface area contributed by atoms with Crippen molar-refractivity contribution in [2.24, 2.45) is 0 Å². The highest BCUT2D eigenvalue weighted by atomic mass is 16.5. The molecule has 0 atom stereocenters. The Morgan fingerprint density at radius 3 is 2.67 bits per heavy atom. The number of benzene rings is 1. The molecule has 1 amide bonds. The lowest BCUT2D eigenvalue weighted by Gasteiger charge is -2.06. The zero-order chi connectivity index (χ0) is 12.8. The number of aryl methyl sites for hydroxylation is 1. The van der Waals surface area contributed by atoms with Crippen LogP contribution in [0.15, 0.2) is 48.7 Å². The van der Waals surface area contributed by atoms with Crippen LogP contribution in [0.25, 0.3) is 0 Å². The summed E-state index contributed by atoms with van der Waals surface area (Å²) in [7, 11) is 0. The van der Waals surface area contributed by atoms with Crippen LogP contribution in [0.1, 0.15) is 11.3 Å². The number of rotatable bonds is 3. The molecule has 0 fully saturated rings. The third-order valence-corrected chi connectivity index (χ3v) is 2.37. The second kappa shape index (κ2) is 5.82. The fourth-order valence-corrected chi connectivity index (χ4v) is 1.42. The topological polar surface area (TPSA) is 51.2 Å². The van der Waals surface area contributed by atoms with Crippen molar-refractivity contribution in [1.29, 1.82) is 0 Å². The molecule has 2 rings (SSSR count). The summed E-state index contributed by atoms with van der Waals surface area (Å²) in [6, 6.07) is 13.1. The summed E-state index contributed by atoms with van der Waals surface area (Å²) in [5, 5.41) is 2.62. The second-order valence-corrected chi connectivity index (χ2v) is 3.87. The molecular weight excluding hydrogens is 228 g/mol. The highest BCUT2D eigenvalue weighted by molar-refractivity contribution is 5.84. The summed E-state index contributed by atoms with van der Waals surface area (Å²) in [5.41, 5.74) is 2.48. The molecule has 0 unspecified atom stereocenters. The number of hydrogen-bond acceptors (Lipinski definition) is 3. The monoisotopic (exact) mass is 242 g/mol. The molecule has 0 saturated carbocycles. The maximum absolute atomic E-state index is 11.5. The van der Waals surface area contributed by atoms with E-state index in [1.165, 1.54) is 0 Å². The normalized spacial score (nSPS) is 9.83. The van der Waals surface area contributed by atoms with Gasteiger partial charge in [-0.05, 0) is 24.6 Å². The summed E-state index contributed by atoms with van der Waals surface area (Å²) in [5.74, 6) is 0. The van der Waals surface area contributed by atoms with Crippen LogP contribution in [0.4, 0.5) is 10.5 Å². The van der Waals surface area contributed by atoms with Gasteiger partial charge in [-0.3, -0.25) is 10.3 Å². The SMILES string of the molecule is Cc1ccc(NC(=O)OCc2ccccc2)cn1. The first-order valence-corrected chi connectivity index (χ1v) is 5.64. The lowest BCUT2D eigenvalue weighted by Crippen LogP contribution is -2.13. The minimum atomic E-state index is -0.482. The Labute approximate surface area is 106 Å². The van der Waals surface area contributed by atoms with Crippen molar-refractivity contribution in [2.45, 2.75) is 13.5 Å². The predicted octanol–water partition coefficient (Wildman–Crippen LogP) is 3.14. The number of nitrogens with one attached hydrogen (secondary N) is 1. The molecule has 1 N–H and O–H groups in total. The molecule has 0 aliphatic carbocycles. The van der Waals surface area contributed by atoms with Crippen molar-refractivity contribution < 1.29 is 9.53 Å². The average Bonchev–Trinajstić information content (AvgIpc) is 2.40. The van der Waals surface area contributed by atoms with Gasteiger partial charge in [-0.1, -0.05) is 30.3 Å². The van der Waals surface area contributed by atoms with Crippen molar-refractivity contribution in [3.05, 3.63) is 59.9 Å². The van der Waals surface area contributed by atoms with Gasteiger partial charge in [0.25, 0.3) is 0 Å². The molecule has 0 aliphatic rings. The lowest BCUT2D eigenvalue weighted by atomic mass is 10.2. The number of ether oxygens (including phenoxy) is 1. The molecule has 4 nitrogen and oxygen atoms in total. The van der Waals surface area contributed by atoms with Crippen LogP contribution in [0.2, 0.25) is 0 Å². The summed E-state index contributed by atoms with van der Waals surface area (Å²) < 4.78 is 5.08. The van der Waals surface area contributed by atoms with Crippen molar-refractivity contribution in [3.8, 4) is 0 Å². The van der Waals surface area contributed by atoms with Crippen LogP contribution >= 0.6 is 0 Å². The van der Waals surface area contributed by atoms with Gasteiger partial charge in [-0.15, -0.1) is 0 Å². The fourth-order valence-electron chi connectivity index (χ4n) is 1.42. The maximum Gasteiger partial charge on any atom is 0.412 e. The van der Waals surface area contributed by atoms with E-state index in [9.17, 15) is 4.79 Å². The fraction of sp³-hybridized carbons (Fsp3) is 0.143. The van der Waals surface area contributed by atoms with E-state index in [-0.39, 0.29) is 6.61 Å². The van der Waals surface area contributed by atoms with Crippen LogP contribution in [0, 0.1) is 6.92 Å². The first-order valence-electron chi connectivity index (χ1n) is 5.64. The standard InChI is InChI=1S/C14H14N2O2/c1-11-7-8-13(9-15-11)16-14(17)18-10-12-5-3-2-4-6-12/h2-9H,10H2,1H3,(H,16,17). The highest BCUT2D eigenvalue weighted by Crippen LogP contribution is 2.07. The van der Waals surface area contributed by atoms with E-state index in [1.54, 1.807) is 12.3 Å². The molecular formula is C14H14N2O2. The van der Waals surface area contributed by atoms with E-state index in [1.807, 2.05) is 43.3 Å². The minimum Gasteiger partial charge on any atom is -0.444 e. The van der Waals surface area contributed by atoms with Crippen molar-refractivity contribution >= 4 is 11.8 Å². The van der Waals surface area contributed by atoms with Gasteiger partial charge >= 0.3 is 6.09 Å². The highest BCUT2D eigenvalue weighted by Gasteiger charge is 2.03. The van der Waals surface area contributed by atoms with Gasteiger partial charge in [0.05, 0.1) is 11.9 Å². The van der Waals surface area contributed by atoms with E-state index < -0.39 is 6.09 Å². The number of anilines is 1. The van der Waals surface area contributed by atoms with Crippen molar-refractivity contribution in [1.82, 2.24) is 4.98 Å². The van der Waals surface area contributed by atoms with Gasteiger partial charge in [-0.2, -0.15) is 0 Å². The molecule has 18 heavy (non-hydrogen) atoms. The number of carbonyl (C=O) groups excluding carboxylic acids is 1. The van der Waals surface area contributed by atoms with Gasteiger partial charge in [-0.25, -0.2) is 4.79 Å². The summed E-state index contributed by atoms with van der Waals surface area (Å²) in [6.07, 6.45) is 1.11. The predicted molar refractivity (Wildman–Crippen MR) is 69.2 cm³/mol. The van der Waals surface area contributed by atoms with Crippen LogP contribution in [-0.2, 0) is 11.3 Å². The molecule has 0 bridgehead atoms. The van der Waals surface area contributed by atoms with Crippen LogP contribution in [0.5, 0.6) is 0 Å². The van der Waals surface area contributed by atoms with Crippen LogP contribution in [-0.4, -0.2) is 11.1 Å². The minimum absolute atomic E-state index is 0.256. The third kappa shape index (κ3) is 3.59. The third-order valence-electron chi connectivity index (χ3n) is 2.37. The Balaban J connectivity index is 1.84. The Morgan fingerprint density at radius 1 is 1.22 bits per heavy atom. The van der Waals surface area contributed by atoms with Crippen LogP contribution < -0.4 is 5.32 Å². The van der Waals surface area contributed by atoms with E-state index in [0.717, 1.165) is 11.3 Å². The molecule has 0 spiro atoms. The Hall–Kier alpha value is -2.36. The molecule has 1 aromatic carbocycles. The van der Waals surface area contributed by atoms with Gasteiger partial charge in [0.2, 0.25) is 0 Å². The molecule has 1 heterocycles. The van der Waals surface area contributed by atoms with E-state index in [0.29, 0.717) is 5.69 Å². The molecule has 0 saturated heterocycles. The first kappa shape index (κ1) is 12.1. The zero-order valence-electron chi connectivity index (χ0n) is 10.1. The smallest absolute Gasteiger partial charge is 0.412 e. The summed E-state index contributed by atoms with van der Waals surface area (Å²) >= 11 is 0. The number of aromatic nitrogens is 1. The largest absolute Gasteiger partial charge is 0.444 e. The molecule has 2 aromatic rings. The quantitative estimate of drug-likeness (QED) is 0.899. The van der Waals surface area contributed by atoms with Crippen molar-refractivity contribution in [2.75, 3.05) is 5.32 Å². The van der Waals surface area contributed by atoms with Crippen molar-refractivity contribution in [3.63, 3.8) is 0 Å². The number of nitrogens with zero attached hydrogens (tertiary/aromatic N) is 1. The molecule has 1 aromatic heterocycles. The van der Waals surface area contributed by atoms with E-state index in [2.05, 4.69) is 10.3 Å². The van der Waals surface area contributed by atoms with Gasteiger partial charge < -0.3 is 4.74 Å². The number of amides is 1. The number of carbonyl (C=O) groups is 1. The molecule has 0 aliphatic heterocycles. The number of pyridine rings is 1. The lowest BCUT2D eigenvalue weighted by molar-refractivity contribution is 0.155. The maximum atomic E-state index is 11.5. The van der Waals surface area contributed by atoms with E-state index >= 15 is 0 Å². The van der Waals surface area contributed by atoms with Gasteiger partial charge in [0, 0.05) is 5.69 Å². The molecule has 4 heteroatoms. The first-order chi connectivity index (χ1) is 8.74.